The molecule has 2 aromatic rings. The van der Waals surface area contributed by atoms with Gasteiger partial charge in [-0.1, -0.05) is 6.92 Å². The number of benzene rings is 1. The molecule has 0 radical (unpaired) electrons. The molecule has 2 atom stereocenters. The van der Waals surface area contributed by atoms with Gasteiger partial charge in [-0.3, -0.25) is 4.90 Å². The fourth-order valence-corrected chi connectivity index (χ4v) is 5.22. The van der Waals surface area contributed by atoms with E-state index >= 15 is 0 Å². The van der Waals surface area contributed by atoms with Crippen LogP contribution in [0, 0.1) is 0 Å². The maximum absolute atomic E-state index is 13.7. The normalized spacial score (nSPS) is 20.6. The second kappa shape index (κ2) is 11.8. The zero-order chi connectivity index (χ0) is 31.0. The molecule has 1 amide bonds. The van der Waals surface area contributed by atoms with Gasteiger partial charge in [-0.05, 0) is 56.0 Å². The number of rotatable bonds is 7. The molecule has 0 aliphatic carbocycles. The van der Waals surface area contributed by atoms with Crippen molar-refractivity contribution < 1.29 is 53.8 Å². The first-order valence-corrected chi connectivity index (χ1v) is 13.2. The zero-order valence-corrected chi connectivity index (χ0v) is 22.5. The summed E-state index contributed by atoms with van der Waals surface area (Å²) in [5, 5.41) is 0. The number of cyclic esters (lactones) is 1. The topological polar surface area (TPSA) is 54.9 Å². The Morgan fingerprint density at radius 2 is 1.48 bits per heavy atom. The summed E-state index contributed by atoms with van der Waals surface area (Å²) in [5.41, 5.74) is -4.77. The lowest BCUT2D eigenvalue weighted by Crippen LogP contribution is -2.42. The number of ether oxygens (including phenoxy) is 2. The van der Waals surface area contributed by atoms with Crippen molar-refractivity contribution in [3.8, 4) is 0 Å². The summed E-state index contributed by atoms with van der Waals surface area (Å²) >= 11 is 0. The number of amides is 1. The minimum Gasteiger partial charge on any atom is -0.439 e. The predicted octanol–water partition coefficient (Wildman–Crippen LogP) is 7.62. The van der Waals surface area contributed by atoms with E-state index in [2.05, 4.69) is 4.98 Å². The first-order chi connectivity index (χ1) is 19.5. The summed E-state index contributed by atoms with van der Waals surface area (Å²) < 4.78 is 132. The first-order valence-electron chi connectivity index (χ1n) is 13.2. The number of pyridine rings is 1. The van der Waals surface area contributed by atoms with Crippen LogP contribution in [0.2, 0.25) is 0 Å². The van der Waals surface area contributed by atoms with Gasteiger partial charge in [0.2, 0.25) is 0 Å². The minimum absolute atomic E-state index is 0.00856. The van der Waals surface area contributed by atoms with Crippen LogP contribution >= 0.6 is 0 Å². The molecule has 0 spiro atoms. The van der Waals surface area contributed by atoms with Gasteiger partial charge in [-0.25, -0.2) is 9.78 Å². The highest BCUT2D eigenvalue weighted by Crippen LogP contribution is 2.42. The molecule has 232 valence electrons. The Balaban J connectivity index is 1.72. The summed E-state index contributed by atoms with van der Waals surface area (Å²) in [7, 11) is 0. The summed E-state index contributed by atoms with van der Waals surface area (Å²) in [6.07, 6.45) is -15.2. The second-order valence-electron chi connectivity index (χ2n) is 10.3. The molecule has 4 rings (SSSR count). The van der Waals surface area contributed by atoms with Crippen molar-refractivity contribution in [3.63, 3.8) is 0 Å². The Hall–Kier alpha value is -3.23. The molecule has 15 heteroatoms. The number of carbonyl (C=O) groups excluding carboxylic acids is 1. The van der Waals surface area contributed by atoms with Crippen LogP contribution in [0.25, 0.3) is 0 Å². The summed E-state index contributed by atoms with van der Waals surface area (Å²) in [6, 6.07) is 0.512. The van der Waals surface area contributed by atoms with Crippen molar-refractivity contribution in [2.45, 2.75) is 76.4 Å². The largest absolute Gasteiger partial charge is 0.439 e. The average molecular weight is 614 g/mol. The maximum atomic E-state index is 13.7. The Morgan fingerprint density at radius 1 is 0.905 bits per heavy atom. The minimum atomic E-state index is -5.12. The predicted molar refractivity (Wildman–Crippen MR) is 131 cm³/mol. The number of hydrogen-bond donors (Lipinski definition) is 0. The SMILES string of the molecule is CCCN(c1ncc(C(F)(F)F)cc1CN1C(=O)O[C@H](c2cc(C(F)(F)F)cc(C(F)(F)F)c2)C1C)C1CCOCC1. The van der Waals surface area contributed by atoms with E-state index in [1.807, 2.05) is 11.8 Å². The van der Waals surface area contributed by atoms with Crippen LogP contribution in [0.3, 0.4) is 0 Å². The molecule has 2 fully saturated rings. The molecule has 2 saturated heterocycles. The van der Waals surface area contributed by atoms with Crippen LogP contribution in [0.15, 0.2) is 30.5 Å². The molecule has 2 aliphatic heterocycles. The highest BCUT2D eigenvalue weighted by Gasteiger charge is 2.44. The van der Waals surface area contributed by atoms with Gasteiger partial charge in [-0.2, -0.15) is 39.5 Å². The number of carbonyl (C=O) groups is 1. The van der Waals surface area contributed by atoms with E-state index in [1.54, 1.807) is 0 Å². The van der Waals surface area contributed by atoms with Gasteiger partial charge in [0.15, 0.2) is 0 Å². The van der Waals surface area contributed by atoms with Crippen molar-refractivity contribution in [2.24, 2.45) is 0 Å². The summed E-state index contributed by atoms with van der Waals surface area (Å²) in [5.74, 6) is 0.193. The molecular weight excluding hydrogens is 585 g/mol. The number of hydrogen-bond acceptors (Lipinski definition) is 5. The van der Waals surface area contributed by atoms with Gasteiger partial charge >= 0.3 is 24.6 Å². The second-order valence-corrected chi connectivity index (χ2v) is 10.3. The van der Waals surface area contributed by atoms with Crippen molar-refractivity contribution >= 4 is 11.9 Å². The van der Waals surface area contributed by atoms with E-state index in [4.69, 9.17) is 9.47 Å². The van der Waals surface area contributed by atoms with E-state index in [-0.39, 0.29) is 23.5 Å². The van der Waals surface area contributed by atoms with Gasteiger partial charge < -0.3 is 14.4 Å². The van der Waals surface area contributed by atoms with Gasteiger partial charge in [0.05, 0.1) is 29.3 Å². The average Bonchev–Trinajstić information content (AvgIpc) is 3.19. The van der Waals surface area contributed by atoms with Crippen LogP contribution in [0.4, 0.5) is 50.1 Å². The van der Waals surface area contributed by atoms with Crippen LogP contribution in [0.5, 0.6) is 0 Å². The molecule has 0 saturated carbocycles. The lowest BCUT2D eigenvalue weighted by Gasteiger charge is -2.37. The molecule has 6 nitrogen and oxygen atoms in total. The molecular formula is C27H28F9N3O3. The third-order valence-electron chi connectivity index (χ3n) is 7.31. The smallest absolute Gasteiger partial charge is 0.417 e. The third kappa shape index (κ3) is 6.87. The quantitative estimate of drug-likeness (QED) is 0.301. The Kier molecular flexibility index (Phi) is 8.91. The fourth-order valence-electron chi connectivity index (χ4n) is 5.22. The first kappa shape index (κ1) is 31.7. The van der Waals surface area contributed by atoms with Crippen molar-refractivity contribution in [1.29, 1.82) is 0 Å². The Bertz CT molecular complexity index is 1240. The molecule has 2 aliphatic rings. The third-order valence-corrected chi connectivity index (χ3v) is 7.31. The lowest BCUT2D eigenvalue weighted by molar-refractivity contribution is -0.143. The molecule has 42 heavy (non-hydrogen) atoms. The van der Waals surface area contributed by atoms with Crippen LogP contribution in [-0.2, 0) is 34.5 Å². The molecule has 1 unspecified atom stereocenters. The molecule has 0 bridgehead atoms. The van der Waals surface area contributed by atoms with Crippen molar-refractivity contribution in [2.75, 3.05) is 24.7 Å². The Labute approximate surface area is 235 Å². The summed E-state index contributed by atoms with van der Waals surface area (Å²) in [6.45, 7) is 4.06. The van der Waals surface area contributed by atoms with E-state index in [1.165, 1.54) is 6.92 Å². The van der Waals surface area contributed by atoms with E-state index in [9.17, 15) is 44.3 Å². The fraction of sp³-hybridized carbons (Fsp3) is 0.556. The van der Waals surface area contributed by atoms with E-state index in [0.717, 1.165) is 11.0 Å². The van der Waals surface area contributed by atoms with Crippen molar-refractivity contribution in [1.82, 2.24) is 9.88 Å². The highest BCUT2D eigenvalue weighted by atomic mass is 19.4. The maximum Gasteiger partial charge on any atom is 0.417 e. The monoisotopic (exact) mass is 613 g/mol. The highest BCUT2D eigenvalue weighted by molar-refractivity contribution is 5.71. The summed E-state index contributed by atoms with van der Waals surface area (Å²) in [4.78, 5) is 19.9. The van der Waals surface area contributed by atoms with Crippen LogP contribution in [-0.4, -0.2) is 47.8 Å². The Morgan fingerprint density at radius 3 is 2.00 bits per heavy atom. The number of anilines is 1. The van der Waals surface area contributed by atoms with Crippen LogP contribution < -0.4 is 4.90 Å². The number of nitrogens with zero attached hydrogens (tertiary/aromatic N) is 3. The lowest BCUT2D eigenvalue weighted by atomic mass is 9.97. The number of aromatic nitrogens is 1. The van der Waals surface area contributed by atoms with Gasteiger partial charge in [-0.15, -0.1) is 0 Å². The van der Waals surface area contributed by atoms with E-state index < -0.39 is 65.6 Å². The molecule has 3 heterocycles. The van der Waals surface area contributed by atoms with E-state index in [0.29, 0.717) is 57.4 Å². The van der Waals surface area contributed by atoms with Gasteiger partial charge in [0.1, 0.15) is 11.9 Å². The number of halogens is 9. The molecule has 0 N–H and O–H groups in total. The number of alkyl halides is 9. The van der Waals surface area contributed by atoms with Crippen LogP contribution in [0.1, 0.15) is 67.0 Å². The molecule has 1 aromatic heterocycles. The van der Waals surface area contributed by atoms with Gasteiger partial charge in [0, 0.05) is 37.6 Å². The zero-order valence-electron chi connectivity index (χ0n) is 22.5. The standard InChI is InChI=1S/C27H28F9N3O3/c1-3-6-38(21-4-7-41-8-5-21)23-17(11-20(13-37-23)27(34,35)36)14-39-15(2)22(42-24(39)40)16-9-18(25(28,29)30)12-19(10-16)26(31,32)33/h9-13,15,21-22H,3-8,14H2,1-2H3/t15?,22-/m0/s1. The van der Waals surface area contributed by atoms with Crippen molar-refractivity contribution in [3.05, 3.63) is 58.3 Å². The molecule has 1 aromatic carbocycles. The van der Waals surface area contributed by atoms with Gasteiger partial charge in [0.25, 0.3) is 0 Å².